The van der Waals surface area contributed by atoms with Crippen molar-refractivity contribution in [2.24, 2.45) is 5.16 Å². The van der Waals surface area contributed by atoms with Gasteiger partial charge in [0.15, 0.2) is 0 Å². The van der Waals surface area contributed by atoms with E-state index in [4.69, 9.17) is 9.68 Å². The Labute approximate surface area is 105 Å². The Hall–Kier alpha value is -1.96. The molecule has 0 atom stereocenters. The third kappa shape index (κ3) is 4.50. The van der Waals surface area contributed by atoms with Gasteiger partial charge >= 0.3 is 5.91 Å². The van der Waals surface area contributed by atoms with Gasteiger partial charge in [-0.1, -0.05) is 5.16 Å². The Kier molecular flexibility index (Phi) is 5.25. The van der Waals surface area contributed by atoms with E-state index in [0.29, 0.717) is 0 Å². The first-order valence-corrected chi connectivity index (χ1v) is 5.55. The van der Waals surface area contributed by atoms with Crippen molar-refractivity contribution in [3.8, 4) is 0 Å². The van der Waals surface area contributed by atoms with Crippen LogP contribution in [0.2, 0.25) is 0 Å². The molecule has 1 aromatic heterocycles. The maximum absolute atomic E-state index is 11.8. The standard InChI is InChI=1S/C10H17N5O3/c1-7(2)17-13-9(15-6-11-5-12-15)10(16)14-18-8(3)4/h5-8H,1-4H3,(H,14,16). The summed E-state index contributed by atoms with van der Waals surface area (Å²) in [6.45, 7) is 7.17. The van der Waals surface area contributed by atoms with Crippen LogP contribution in [0.3, 0.4) is 0 Å². The SMILES string of the molecule is CC(C)ON=C(C(=O)NOC(C)C)n1cncn1. The molecule has 1 heterocycles. The maximum atomic E-state index is 11.8. The fourth-order valence-corrected chi connectivity index (χ4v) is 0.877. The molecular formula is C10H17N5O3. The number of nitrogens with one attached hydrogen (secondary N) is 1. The number of hydrogen-bond acceptors (Lipinski definition) is 6. The minimum absolute atomic E-state index is 0.0538. The molecule has 1 aromatic rings. The summed E-state index contributed by atoms with van der Waals surface area (Å²) >= 11 is 0. The number of carbonyl (C=O) groups is 1. The molecule has 1 rings (SSSR count). The molecule has 8 nitrogen and oxygen atoms in total. The molecule has 0 spiro atoms. The highest BCUT2D eigenvalue weighted by molar-refractivity contribution is 6.37. The van der Waals surface area contributed by atoms with Crippen LogP contribution in [0.4, 0.5) is 0 Å². The zero-order chi connectivity index (χ0) is 13.5. The molecule has 0 aliphatic carbocycles. The minimum atomic E-state index is -0.560. The second-order valence-corrected chi connectivity index (χ2v) is 4.01. The summed E-state index contributed by atoms with van der Waals surface area (Å²) < 4.78 is 1.20. The van der Waals surface area contributed by atoms with Crippen LogP contribution >= 0.6 is 0 Å². The van der Waals surface area contributed by atoms with Crippen molar-refractivity contribution < 1.29 is 14.5 Å². The maximum Gasteiger partial charge on any atom is 0.316 e. The van der Waals surface area contributed by atoms with Crippen LogP contribution < -0.4 is 5.48 Å². The lowest BCUT2D eigenvalue weighted by Crippen LogP contribution is -2.37. The molecule has 8 heteroatoms. The number of carbonyl (C=O) groups excluding carboxylic acids is 1. The minimum Gasteiger partial charge on any atom is -0.391 e. The van der Waals surface area contributed by atoms with Crippen LogP contribution in [0, 0.1) is 0 Å². The Morgan fingerprint density at radius 3 is 2.56 bits per heavy atom. The summed E-state index contributed by atoms with van der Waals surface area (Å²) in [6.07, 6.45) is 2.35. The highest BCUT2D eigenvalue weighted by Gasteiger charge is 2.16. The zero-order valence-electron chi connectivity index (χ0n) is 10.8. The topological polar surface area (TPSA) is 90.6 Å². The van der Waals surface area contributed by atoms with Crippen LogP contribution in [-0.2, 0) is 14.5 Å². The Morgan fingerprint density at radius 2 is 2.06 bits per heavy atom. The van der Waals surface area contributed by atoms with Crippen molar-refractivity contribution in [2.45, 2.75) is 39.9 Å². The molecular weight excluding hydrogens is 238 g/mol. The lowest BCUT2D eigenvalue weighted by molar-refractivity contribution is -0.130. The van der Waals surface area contributed by atoms with Gasteiger partial charge in [-0.3, -0.25) is 9.63 Å². The predicted molar refractivity (Wildman–Crippen MR) is 63.4 cm³/mol. The summed E-state index contributed by atoms with van der Waals surface area (Å²) in [5.74, 6) is -0.614. The Morgan fingerprint density at radius 1 is 1.33 bits per heavy atom. The normalized spacial score (nSPS) is 12.0. The smallest absolute Gasteiger partial charge is 0.316 e. The molecule has 0 aromatic carbocycles. The lowest BCUT2D eigenvalue weighted by atomic mass is 10.5. The van der Waals surface area contributed by atoms with Gasteiger partial charge < -0.3 is 4.84 Å². The molecule has 0 unspecified atom stereocenters. The molecule has 1 amide bonds. The van der Waals surface area contributed by atoms with Crippen molar-refractivity contribution in [3.63, 3.8) is 0 Å². The molecule has 0 aliphatic heterocycles. The second-order valence-electron chi connectivity index (χ2n) is 4.01. The highest BCUT2D eigenvalue weighted by Crippen LogP contribution is 1.93. The molecule has 0 saturated heterocycles. The van der Waals surface area contributed by atoms with Crippen LogP contribution in [0.25, 0.3) is 0 Å². The van der Waals surface area contributed by atoms with E-state index in [1.165, 1.54) is 17.3 Å². The van der Waals surface area contributed by atoms with E-state index < -0.39 is 5.91 Å². The molecule has 0 fully saturated rings. The van der Waals surface area contributed by atoms with Crippen molar-refractivity contribution >= 4 is 11.7 Å². The monoisotopic (exact) mass is 255 g/mol. The van der Waals surface area contributed by atoms with Gasteiger partial charge in [-0.05, 0) is 27.7 Å². The fourth-order valence-electron chi connectivity index (χ4n) is 0.877. The number of amides is 1. The van der Waals surface area contributed by atoms with Gasteiger partial charge in [0.1, 0.15) is 18.8 Å². The molecule has 0 bridgehead atoms. The fraction of sp³-hybridized carbons (Fsp3) is 0.600. The molecule has 18 heavy (non-hydrogen) atoms. The molecule has 0 radical (unpaired) electrons. The van der Waals surface area contributed by atoms with Crippen molar-refractivity contribution in [1.82, 2.24) is 20.2 Å². The molecule has 100 valence electrons. The van der Waals surface area contributed by atoms with Crippen LogP contribution in [0.15, 0.2) is 17.8 Å². The first kappa shape index (κ1) is 14.1. The molecule has 1 N–H and O–H groups in total. The van der Waals surface area contributed by atoms with E-state index in [0.717, 1.165) is 0 Å². The van der Waals surface area contributed by atoms with Crippen molar-refractivity contribution in [1.29, 1.82) is 0 Å². The first-order valence-electron chi connectivity index (χ1n) is 5.55. The van der Waals surface area contributed by atoms with Crippen LogP contribution in [0.5, 0.6) is 0 Å². The van der Waals surface area contributed by atoms with Gasteiger partial charge in [0.2, 0.25) is 0 Å². The van der Waals surface area contributed by atoms with Gasteiger partial charge in [-0.25, -0.2) is 10.5 Å². The Bertz CT molecular complexity index is 400. The summed E-state index contributed by atoms with van der Waals surface area (Å²) in [5, 5.41) is 7.55. The van der Waals surface area contributed by atoms with Crippen LogP contribution in [-0.4, -0.2) is 38.7 Å². The summed E-state index contributed by atoms with van der Waals surface area (Å²) in [6, 6.07) is 0. The largest absolute Gasteiger partial charge is 0.391 e. The van der Waals surface area contributed by atoms with Crippen molar-refractivity contribution in [3.05, 3.63) is 12.7 Å². The third-order valence-electron chi connectivity index (χ3n) is 1.58. The summed E-state index contributed by atoms with van der Waals surface area (Å²) in [5.41, 5.74) is 2.26. The van der Waals surface area contributed by atoms with E-state index in [1.807, 2.05) is 0 Å². The second kappa shape index (κ2) is 6.70. The molecule has 0 saturated carbocycles. The van der Waals surface area contributed by atoms with Gasteiger partial charge in [-0.15, -0.1) is 0 Å². The number of hydrogen-bond donors (Lipinski definition) is 1. The quantitative estimate of drug-likeness (QED) is 0.475. The lowest BCUT2D eigenvalue weighted by Gasteiger charge is -2.10. The average molecular weight is 255 g/mol. The van der Waals surface area contributed by atoms with E-state index in [-0.39, 0.29) is 18.0 Å². The number of rotatable bonds is 4. The number of nitrogens with zero attached hydrogens (tertiary/aromatic N) is 4. The van der Waals surface area contributed by atoms with Gasteiger partial charge in [0.25, 0.3) is 5.84 Å². The predicted octanol–water partition coefficient (Wildman–Crippen LogP) is 0.321. The van der Waals surface area contributed by atoms with E-state index in [2.05, 4.69) is 20.7 Å². The number of aromatic nitrogens is 3. The van der Waals surface area contributed by atoms with E-state index in [1.54, 1.807) is 27.7 Å². The summed E-state index contributed by atoms with van der Waals surface area (Å²) in [7, 11) is 0. The zero-order valence-corrected chi connectivity index (χ0v) is 10.8. The highest BCUT2D eigenvalue weighted by atomic mass is 16.7. The van der Waals surface area contributed by atoms with Gasteiger partial charge in [-0.2, -0.15) is 9.78 Å². The van der Waals surface area contributed by atoms with E-state index >= 15 is 0 Å². The van der Waals surface area contributed by atoms with E-state index in [9.17, 15) is 4.79 Å². The van der Waals surface area contributed by atoms with Gasteiger partial charge in [0, 0.05) is 0 Å². The van der Waals surface area contributed by atoms with Crippen LogP contribution in [0.1, 0.15) is 27.7 Å². The Balaban J connectivity index is 2.78. The number of oxime groups is 1. The molecule has 0 aliphatic rings. The average Bonchev–Trinajstić information content (AvgIpc) is 2.79. The number of hydroxylamine groups is 1. The summed E-state index contributed by atoms with van der Waals surface area (Å²) in [4.78, 5) is 25.6. The third-order valence-corrected chi connectivity index (χ3v) is 1.58. The first-order chi connectivity index (χ1) is 8.50. The van der Waals surface area contributed by atoms with Gasteiger partial charge in [0.05, 0.1) is 6.10 Å². The van der Waals surface area contributed by atoms with Crippen molar-refractivity contribution in [2.75, 3.05) is 0 Å².